The van der Waals surface area contributed by atoms with E-state index in [-0.39, 0.29) is 19.3 Å². The molecule has 0 amide bonds. The van der Waals surface area contributed by atoms with Crippen molar-refractivity contribution in [1.29, 1.82) is 0 Å². The largest absolute Gasteiger partial charge is 0.472 e. The van der Waals surface area contributed by atoms with Crippen LogP contribution in [0.2, 0.25) is 0 Å². The Labute approximate surface area is 665 Å². The molecule has 0 aromatic heterocycles. The van der Waals surface area contributed by atoms with Crippen molar-refractivity contribution in [2.75, 3.05) is 39.6 Å². The average molecular weight is 1570 g/mol. The van der Waals surface area contributed by atoms with E-state index >= 15 is 0 Å². The molecule has 628 valence electrons. The minimum Gasteiger partial charge on any atom is -0.463 e. The predicted octanol–water partition coefficient (Wildman–Crippen LogP) is 26.2. The number of aliphatic hydroxyl groups is 2. The van der Waals surface area contributed by atoms with Gasteiger partial charge in [-0.1, -0.05) is 347 Å². The van der Waals surface area contributed by atoms with Crippen molar-refractivity contribution in [3.05, 3.63) is 134 Å². The van der Waals surface area contributed by atoms with Crippen molar-refractivity contribution in [2.24, 2.45) is 0 Å². The molecule has 109 heavy (non-hydrogen) atoms. The zero-order chi connectivity index (χ0) is 79.4. The van der Waals surface area contributed by atoms with Gasteiger partial charge in [0.2, 0.25) is 0 Å². The number of unbranched alkanes of at least 4 members (excludes halogenated alkanes) is 37. The number of carbonyl (C=O) groups excluding carboxylic acids is 3. The van der Waals surface area contributed by atoms with Gasteiger partial charge in [0.1, 0.15) is 25.4 Å². The number of aliphatic hydroxyl groups excluding tert-OH is 2. The summed E-state index contributed by atoms with van der Waals surface area (Å²) in [6, 6.07) is 0. The molecule has 0 aliphatic rings. The molecule has 4 N–H and O–H groups in total. The smallest absolute Gasteiger partial charge is 0.463 e. The van der Waals surface area contributed by atoms with Crippen LogP contribution in [0, 0.1) is 0 Å². The first-order chi connectivity index (χ1) is 53.2. The van der Waals surface area contributed by atoms with Gasteiger partial charge in [-0.2, -0.15) is 0 Å². The Morgan fingerprint density at radius 1 is 0.266 bits per heavy atom. The zero-order valence-corrected chi connectivity index (χ0v) is 70.7. The van der Waals surface area contributed by atoms with Crippen LogP contribution in [0.15, 0.2) is 134 Å². The fraction of sp³-hybridized carbons (Fsp3) is 0.725. The van der Waals surface area contributed by atoms with Crippen LogP contribution in [0.5, 0.6) is 0 Å². The Morgan fingerprint density at radius 3 is 0.807 bits per heavy atom. The van der Waals surface area contributed by atoms with Crippen LogP contribution in [-0.4, -0.2) is 95.9 Å². The standard InChI is InChI=1S/C91H158O16P2/c1-4-7-10-13-16-19-22-25-27-29-31-33-35-37-39-41-42-44-46-47-49-51-53-55-57-60-62-65-68-71-74-77-89(94)101-80-86(92)81-103-108(97,98)104-82-87(93)83-105-109(99,100)106-85-88(107-91(96)79-76-73-70-67-64-59-24-21-18-15-12-9-6-3)84-102-90(95)78-75-72-69-66-63-61-58-56-54-52-50-48-45-43-40-38-36-34-32-30-28-26-23-20-17-14-11-8-5-2/h8,11-12,15-17,19-21,24-28,31-34,37-40,86-88,92-93H,4-7,9-10,13-14,18,22-23,29-30,35-36,41-85H2,1-3H3,(H,97,98)(H,99,100)/b11-8-,15-12-,19-16-,20-17-,24-21-,27-25-,28-26-,33-31-,34-32-,39-37-,40-38-. The highest BCUT2D eigenvalue weighted by Gasteiger charge is 2.29. The quantitative estimate of drug-likeness (QED) is 0.0146. The summed E-state index contributed by atoms with van der Waals surface area (Å²) in [5.74, 6) is -1.58. The third-order valence-corrected chi connectivity index (χ3v) is 20.2. The molecule has 0 rings (SSSR count). The monoisotopic (exact) mass is 1570 g/mol. The third kappa shape index (κ3) is 84.4. The van der Waals surface area contributed by atoms with E-state index < -0.39 is 91.5 Å². The van der Waals surface area contributed by atoms with Crippen LogP contribution in [0.3, 0.4) is 0 Å². The summed E-state index contributed by atoms with van der Waals surface area (Å²) in [5.41, 5.74) is 0. The Kier molecular flexibility index (Phi) is 79.8. The van der Waals surface area contributed by atoms with Gasteiger partial charge < -0.3 is 34.2 Å². The minimum absolute atomic E-state index is 0.0870. The van der Waals surface area contributed by atoms with Gasteiger partial charge in [0.05, 0.1) is 26.4 Å². The van der Waals surface area contributed by atoms with E-state index in [1.54, 1.807) is 0 Å². The van der Waals surface area contributed by atoms with Gasteiger partial charge in [-0.15, -0.1) is 0 Å². The van der Waals surface area contributed by atoms with Gasteiger partial charge in [-0.05, 0) is 135 Å². The number of phosphoric ester groups is 2. The van der Waals surface area contributed by atoms with Crippen LogP contribution < -0.4 is 0 Å². The van der Waals surface area contributed by atoms with E-state index in [0.29, 0.717) is 19.3 Å². The predicted molar refractivity (Wildman–Crippen MR) is 454 cm³/mol. The molecule has 0 spiro atoms. The van der Waals surface area contributed by atoms with Crippen molar-refractivity contribution in [3.8, 4) is 0 Å². The van der Waals surface area contributed by atoms with Gasteiger partial charge in [0.25, 0.3) is 0 Å². The van der Waals surface area contributed by atoms with E-state index in [2.05, 4.69) is 154 Å². The van der Waals surface area contributed by atoms with E-state index in [1.807, 2.05) is 0 Å². The summed E-state index contributed by atoms with van der Waals surface area (Å²) in [4.78, 5) is 58.8. The fourth-order valence-corrected chi connectivity index (χ4v) is 13.3. The summed E-state index contributed by atoms with van der Waals surface area (Å²) in [7, 11) is -9.80. The lowest BCUT2D eigenvalue weighted by atomic mass is 10.0. The Hall–Kier alpha value is -4.31. The number of hydrogen-bond donors (Lipinski definition) is 4. The molecule has 0 saturated carbocycles. The van der Waals surface area contributed by atoms with Crippen LogP contribution in [-0.2, 0) is 55.8 Å². The summed E-state index contributed by atoms with van der Waals surface area (Å²) in [6.45, 7) is 2.49. The maximum atomic E-state index is 13.0. The molecule has 0 radical (unpaired) electrons. The normalized spacial score (nSPS) is 14.5. The first-order valence-electron chi connectivity index (χ1n) is 43.5. The topological polar surface area (TPSA) is 231 Å². The van der Waals surface area contributed by atoms with Crippen LogP contribution in [0.25, 0.3) is 0 Å². The zero-order valence-electron chi connectivity index (χ0n) is 68.9. The molecule has 0 aromatic carbocycles. The molecule has 0 saturated heterocycles. The highest BCUT2D eigenvalue weighted by Crippen LogP contribution is 2.45. The number of phosphoric acid groups is 2. The second-order valence-electron chi connectivity index (χ2n) is 29.0. The Morgan fingerprint density at radius 2 is 0.505 bits per heavy atom. The SMILES string of the molecule is CC/C=C\C/C=C\C/C=C\C/C=C\C/C=C\CCCCCCCCCCCCCCCC(=O)OCC(COP(=O)(O)OCC(O)COP(=O)(O)OCC(O)COC(=O)CCCCCCCCCCCCCCCCC/C=C\C/C=C\C/C=C\C/C=C\CCCCC)OC(=O)CCCCCCC/C=C\C/C=C\CCC. The molecule has 0 heterocycles. The van der Waals surface area contributed by atoms with Crippen LogP contribution in [0.1, 0.15) is 367 Å². The average Bonchev–Trinajstić information content (AvgIpc) is 0.901. The van der Waals surface area contributed by atoms with E-state index in [0.717, 1.165) is 154 Å². The molecule has 16 nitrogen and oxygen atoms in total. The summed E-state index contributed by atoms with van der Waals surface area (Å²) >= 11 is 0. The minimum atomic E-state index is -4.94. The van der Waals surface area contributed by atoms with Crippen molar-refractivity contribution >= 4 is 33.6 Å². The second-order valence-corrected chi connectivity index (χ2v) is 31.9. The van der Waals surface area contributed by atoms with Crippen molar-refractivity contribution in [3.63, 3.8) is 0 Å². The van der Waals surface area contributed by atoms with Crippen LogP contribution in [0.4, 0.5) is 0 Å². The molecule has 0 bridgehead atoms. The molecular formula is C91H158O16P2. The molecule has 5 unspecified atom stereocenters. The van der Waals surface area contributed by atoms with Crippen LogP contribution >= 0.6 is 15.6 Å². The third-order valence-electron chi connectivity index (χ3n) is 18.3. The maximum Gasteiger partial charge on any atom is 0.472 e. The van der Waals surface area contributed by atoms with E-state index in [1.165, 1.54) is 154 Å². The first kappa shape index (κ1) is 105. The van der Waals surface area contributed by atoms with Crippen molar-refractivity contribution < 1.29 is 75.8 Å². The number of esters is 3. The molecule has 0 aromatic rings. The first-order valence-corrected chi connectivity index (χ1v) is 46.5. The molecule has 0 fully saturated rings. The molecule has 18 heteroatoms. The second kappa shape index (κ2) is 83.1. The molecule has 5 atom stereocenters. The maximum absolute atomic E-state index is 13.0. The Balaban J connectivity index is 4.44. The molecular weight excluding hydrogens is 1410 g/mol. The number of carbonyl (C=O) groups is 3. The highest BCUT2D eigenvalue weighted by molar-refractivity contribution is 7.47. The van der Waals surface area contributed by atoms with Gasteiger partial charge in [-0.3, -0.25) is 32.5 Å². The molecule has 0 aliphatic carbocycles. The summed E-state index contributed by atoms with van der Waals surface area (Å²) in [5, 5.41) is 20.7. The van der Waals surface area contributed by atoms with Gasteiger partial charge in [-0.25, -0.2) is 9.13 Å². The summed E-state index contributed by atoms with van der Waals surface area (Å²) in [6.07, 6.45) is 102. The van der Waals surface area contributed by atoms with Crippen molar-refractivity contribution in [1.82, 2.24) is 0 Å². The summed E-state index contributed by atoms with van der Waals surface area (Å²) < 4.78 is 61.3. The lowest BCUT2D eigenvalue weighted by Crippen LogP contribution is -2.30. The number of rotatable bonds is 82. The van der Waals surface area contributed by atoms with Crippen molar-refractivity contribution in [2.45, 2.75) is 386 Å². The van der Waals surface area contributed by atoms with Gasteiger partial charge >= 0.3 is 33.6 Å². The van der Waals surface area contributed by atoms with E-state index in [4.69, 9.17) is 32.3 Å². The highest BCUT2D eigenvalue weighted by atomic mass is 31.2. The van der Waals surface area contributed by atoms with Gasteiger partial charge in [0.15, 0.2) is 6.10 Å². The number of ether oxygens (including phenoxy) is 3. The number of hydrogen-bond acceptors (Lipinski definition) is 14. The number of allylic oxidation sites excluding steroid dienone is 22. The fourth-order valence-electron chi connectivity index (χ4n) is 11.7. The van der Waals surface area contributed by atoms with Gasteiger partial charge in [0, 0.05) is 19.3 Å². The lowest BCUT2D eigenvalue weighted by molar-refractivity contribution is -0.161. The lowest BCUT2D eigenvalue weighted by Gasteiger charge is -2.21. The molecule has 0 aliphatic heterocycles. The van der Waals surface area contributed by atoms with E-state index in [9.17, 15) is 43.5 Å². The Bertz CT molecular complexity index is 2510.